The lowest BCUT2D eigenvalue weighted by Crippen LogP contribution is -2.01. The molecule has 1 aromatic heterocycles. The zero-order valence-electron chi connectivity index (χ0n) is 10.2. The van der Waals surface area contributed by atoms with Crippen LogP contribution in [-0.4, -0.2) is 5.11 Å². The van der Waals surface area contributed by atoms with Gasteiger partial charge in [-0.15, -0.1) is 11.3 Å². The third-order valence-corrected chi connectivity index (χ3v) is 4.77. The van der Waals surface area contributed by atoms with Crippen molar-refractivity contribution in [1.82, 2.24) is 0 Å². The molecule has 3 rings (SSSR count). The molecule has 0 spiro atoms. The summed E-state index contributed by atoms with van der Waals surface area (Å²) in [6.45, 7) is 1.91. The molecule has 1 aliphatic carbocycles. The van der Waals surface area contributed by atoms with Gasteiger partial charge in [-0.25, -0.2) is 4.39 Å². The average Bonchev–Trinajstić information content (AvgIpc) is 2.91. The molecule has 0 aliphatic heterocycles. The van der Waals surface area contributed by atoms with Crippen LogP contribution in [0.25, 0.3) is 0 Å². The van der Waals surface area contributed by atoms with E-state index >= 15 is 0 Å². The Bertz CT molecular complexity index is 567. The predicted octanol–water partition coefficient (Wildman–Crippen LogP) is 3.77. The molecule has 1 heterocycles. The van der Waals surface area contributed by atoms with Crippen molar-refractivity contribution in [3.63, 3.8) is 0 Å². The Morgan fingerprint density at radius 2 is 2.11 bits per heavy atom. The minimum atomic E-state index is -0.833. The summed E-state index contributed by atoms with van der Waals surface area (Å²) in [6, 6.07) is 6.92. The summed E-state index contributed by atoms with van der Waals surface area (Å²) in [4.78, 5) is 2.22. The van der Waals surface area contributed by atoms with Crippen LogP contribution in [0.5, 0.6) is 0 Å². The van der Waals surface area contributed by atoms with Gasteiger partial charge in [-0.2, -0.15) is 0 Å². The van der Waals surface area contributed by atoms with E-state index in [0.717, 1.165) is 23.3 Å². The lowest BCUT2D eigenvalue weighted by molar-refractivity contribution is 0.218. The van der Waals surface area contributed by atoms with Gasteiger partial charge in [0.2, 0.25) is 0 Å². The molecule has 18 heavy (non-hydrogen) atoms. The third kappa shape index (κ3) is 1.98. The Morgan fingerprint density at radius 3 is 2.89 bits per heavy atom. The first kappa shape index (κ1) is 11.9. The van der Waals surface area contributed by atoms with Crippen molar-refractivity contribution < 1.29 is 9.50 Å². The van der Waals surface area contributed by atoms with E-state index in [1.165, 1.54) is 22.9 Å². The molecule has 1 aliphatic rings. The number of aliphatic hydroxyl groups excluding tert-OH is 1. The van der Waals surface area contributed by atoms with E-state index in [1.54, 1.807) is 23.5 Å². The van der Waals surface area contributed by atoms with Gasteiger partial charge in [0.15, 0.2) is 0 Å². The first-order chi connectivity index (χ1) is 8.65. The van der Waals surface area contributed by atoms with Gasteiger partial charge < -0.3 is 5.11 Å². The van der Waals surface area contributed by atoms with Gasteiger partial charge >= 0.3 is 0 Å². The number of hydrogen-bond acceptors (Lipinski definition) is 2. The molecule has 1 unspecified atom stereocenters. The van der Waals surface area contributed by atoms with Crippen molar-refractivity contribution in [2.75, 3.05) is 0 Å². The average molecular weight is 262 g/mol. The maximum atomic E-state index is 13.8. The molecule has 2 aromatic rings. The number of aryl methyl sites for hydroxylation is 3. The van der Waals surface area contributed by atoms with E-state index in [9.17, 15) is 9.50 Å². The Balaban J connectivity index is 1.98. The molecule has 0 saturated carbocycles. The molecule has 3 heteroatoms. The maximum absolute atomic E-state index is 13.8. The van der Waals surface area contributed by atoms with Gasteiger partial charge in [0.05, 0.1) is 0 Å². The van der Waals surface area contributed by atoms with Crippen LogP contribution in [0.2, 0.25) is 0 Å². The zero-order valence-corrected chi connectivity index (χ0v) is 11.1. The SMILES string of the molecule is Cc1ccc(F)c(C(O)c2cc3c(s2)CCC3)c1. The van der Waals surface area contributed by atoms with Gasteiger partial charge in [0.25, 0.3) is 0 Å². The van der Waals surface area contributed by atoms with Crippen molar-refractivity contribution >= 4 is 11.3 Å². The third-order valence-electron chi connectivity index (χ3n) is 3.48. The van der Waals surface area contributed by atoms with E-state index in [2.05, 4.69) is 0 Å². The minimum absolute atomic E-state index is 0.332. The van der Waals surface area contributed by atoms with Crippen LogP contribution in [-0.2, 0) is 12.8 Å². The first-order valence-corrected chi connectivity index (χ1v) is 7.02. The number of hydrogen-bond donors (Lipinski definition) is 1. The highest BCUT2D eigenvalue weighted by Crippen LogP contribution is 2.36. The lowest BCUT2D eigenvalue weighted by atomic mass is 10.0. The topological polar surface area (TPSA) is 20.2 Å². The Morgan fingerprint density at radius 1 is 1.28 bits per heavy atom. The summed E-state index contributed by atoms with van der Waals surface area (Å²) in [7, 11) is 0. The summed E-state index contributed by atoms with van der Waals surface area (Å²) < 4.78 is 13.8. The van der Waals surface area contributed by atoms with E-state index in [4.69, 9.17) is 0 Å². The molecular weight excluding hydrogens is 247 g/mol. The Hall–Kier alpha value is -1.19. The number of halogens is 1. The molecule has 0 fully saturated rings. The number of rotatable bonds is 2. The number of thiophene rings is 1. The van der Waals surface area contributed by atoms with E-state index in [-0.39, 0.29) is 5.82 Å². The second-order valence-corrected chi connectivity index (χ2v) is 6.05. The molecule has 0 radical (unpaired) electrons. The van der Waals surface area contributed by atoms with E-state index in [1.807, 2.05) is 13.0 Å². The van der Waals surface area contributed by atoms with Crippen LogP contribution < -0.4 is 0 Å². The summed E-state index contributed by atoms with van der Waals surface area (Å²) >= 11 is 1.62. The number of fused-ring (bicyclic) bond motifs is 1. The summed E-state index contributed by atoms with van der Waals surface area (Å²) in [5, 5.41) is 10.3. The first-order valence-electron chi connectivity index (χ1n) is 6.21. The fourth-order valence-corrected chi connectivity index (χ4v) is 3.78. The van der Waals surface area contributed by atoms with E-state index in [0.29, 0.717) is 5.56 Å². The summed E-state index contributed by atoms with van der Waals surface area (Å²) in [5.74, 6) is -0.332. The van der Waals surface area contributed by atoms with Crippen LogP contribution in [0.1, 0.15) is 39.0 Å². The number of aliphatic hydroxyl groups is 1. The van der Waals surface area contributed by atoms with Gasteiger partial charge in [0, 0.05) is 15.3 Å². The molecule has 0 amide bonds. The highest BCUT2D eigenvalue weighted by atomic mass is 32.1. The fraction of sp³-hybridized carbons (Fsp3) is 0.333. The molecule has 0 saturated heterocycles. The van der Waals surface area contributed by atoms with Crippen molar-refractivity contribution in [3.8, 4) is 0 Å². The quantitative estimate of drug-likeness (QED) is 0.873. The van der Waals surface area contributed by atoms with E-state index < -0.39 is 6.10 Å². The zero-order chi connectivity index (χ0) is 12.7. The Kier molecular flexibility index (Phi) is 2.96. The fourth-order valence-electron chi connectivity index (χ4n) is 2.51. The molecule has 0 bridgehead atoms. The number of benzene rings is 1. The van der Waals surface area contributed by atoms with Crippen LogP contribution >= 0.6 is 11.3 Å². The van der Waals surface area contributed by atoms with Crippen molar-refractivity contribution in [1.29, 1.82) is 0 Å². The van der Waals surface area contributed by atoms with Crippen LogP contribution in [0.4, 0.5) is 4.39 Å². The second kappa shape index (κ2) is 4.48. The second-order valence-electron chi connectivity index (χ2n) is 4.88. The van der Waals surface area contributed by atoms with Crippen molar-refractivity contribution in [3.05, 3.63) is 56.5 Å². The van der Waals surface area contributed by atoms with Gasteiger partial charge in [-0.3, -0.25) is 0 Å². The highest BCUT2D eigenvalue weighted by Gasteiger charge is 2.21. The van der Waals surface area contributed by atoms with Crippen molar-refractivity contribution in [2.45, 2.75) is 32.3 Å². The Labute approximate surface area is 110 Å². The maximum Gasteiger partial charge on any atom is 0.129 e. The summed E-state index contributed by atoms with van der Waals surface area (Å²) in [6.07, 6.45) is 2.56. The highest BCUT2D eigenvalue weighted by molar-refractivity contribution is 7.12. The lowest BCUT2D eigenvalue weighted by Gasteiger charge is -2.11. The predicted molar refractivity (Wildman–Crippen MR) is 71.5 cm³/mol. The molecule has 1 N–H and O–H groups in total. The van der Waals surface area contributed by atoms with Crippen molar-refractivity contribution in [2.24, 2.45) is 0 Å². The standard InChI is InChI=1S/C15H15FOS/c1-9-5-6-12(16)11(7-9)15(17)14-8-10-3-2-4-13(10)18-14/h5-8,15,17H,2-4H2,1H3. The molecular formula is C15H15FOS. The minimum Gasteiger partial charge on any atom is -0.383 e. The van der Waals surface area contributed by atoms with Gasteiger partial charge in [0.1, 0.15) is 11.9 Å². The van der Waals surface area contributed by atoms with Gasteiger partial charge in [-0.1, -0.05) is 17.7 Å². The smallest absolute Gasteiger partial charge is 0.129 e. The molecule has 1 atom stereocenters. The monoisotopic (exact) mass is 262 g/mol. The van der Waals surface area contributed by atoms with Crippen LogP contribution in [0.3, 0.4) is 0 Å². The van der Waals surface area contributed by atoms with Crippen LogP contribution in [0.15, 0.2) is 24.3 Å². The van der Waals surface area contributed by atoms with Crippen LogP contribution in [0, 0.1) is 12.7 Å². The largest absolute Gasteiger partial charge is 0.383 e. The molecule has 94 valence electrons. The molecule has 1 aromatic carbocycles. The molecule has 1 nitrogen and oxygen atoms in total. The van der Waals surface area contributed by atoms with Gasteiger partial charge in [-0.05, 0) is 43.9 Å². The summed E-state index contributed by atoms with van der Waals surface area (Å²) in [5.41, 5.74) is 2.69. The normalized spacial score (nSPS) is 15.7.